The molecule has 4 rings (SSSR count). The van der Waals surface area contributed by atoms with Gasteiger partial charge in [-0.3, -0.25) is 4.79 Å². The van der Waals surface area contributed by atoms with E-state index in [2.05, 4.69) is 10.5 Å². The Morgan fingerprint density at radius 2 is 2.15 bits per heavy atom. The van der Waals surface area contributed by atoms with E-state index >= 15 is 0 Å². The van der Waals surface area contributed by atoms with Crippen LogP contribution in [0.15, 0.2) is 22.7 Å². The van der Waals surface area contributed by atoms with Crippen molar-refractivity contribution in [2.75, 3.05) is 13.7 Å². The fourth-order valence-electron chi connectivity index (χ4n) is 4.12. The molecule has 1 heterocycles. The van der Waals surface area contributed by atoms with E-state index in [9.17, 15) is 9.90 Å². The lowest BCUT2D eigenvalue weighted by Gasteiger charge is -2.34. The van der Waals surface area contributed by atoms with Crippen molar-refractivity contribution in [2.45, 2.75) is 50.5 Å². The molecular weight excluding hydrogens is 332 g/mol. The monoisotopic (exact) mass is 356 g/mol. The SMILES string of the molecule is COc1ccc2c(c1)CCC[C@@]2(O)CNC(=O)c1noc2c1CCCC2. The number of nitrogens with one attached hydrogen (secondary N) is 1. The molecule has 6 nitrogen and oxygen atoms in total. The number of aryl methyl sites for hydroxylation is 2. The lowest BCUT2D eigenvalue weighted by molar-refractivity contribution is 0.0187. The third kappa shape index (κ3) is 2.98. The van der Waals surface area contributed by atoms with Gasteiger partial charge in [-0.2, -0.15) is 0 Å². The molecule has 2 aliphatic rings. The van der Waals surface area contributed by atoms with Crippen molar-refractivity contribution < 1.29 is 19.2 Å². The number of hydrogen-bond donors (Lipinski definition) is 2. The van der Waals surface area contributed by atoms with Gasteiger partial charge in [0.1, 0.15) is 17.1 Å². The summed E-state index contributed by atoms with van der Waals surface area (Å²) in [5.74, 6) is 1.34. The van der Waals surface area contributed by atoms with Gasteiger partial charge in [0.05, 0.1) is 13.7 Å². The van der Waals surface area contributed by atoms with Crippen LogP contribution in [-0.4, -0.2) is 29.8 Å². The van der Waals surface area contributed by atoms with E-state index < -0.39 is 5.60 Å². The summed E-state index contributed by atoms with van der Waals surface area (Å²) in [6, 6.07) is 5.72. The van der Waals surface area contributed by atoms with Crippen LogP contribution in [0.3, 0.4) is 0 Å². The Balaban J connectivity index is 1.51. The molecule has 6 heteroatoms. The van der Waals surface area contributed by atoms with Crippen LogP contribution in [0.2, 0.25) is 0 Å². The first-order valence-electron chi connectivity index (χ1n) is 9.26. The van der Waals surface area contributed by atoms with Gasteiger partial charge < -0.3 is 19.7 Å². The van der Waals surface area contributed by atoms with Gasteiger partial charge in [-0.05, 0) is 61.8 Å². The van der Waals surface area contributed by atoms with Crippen LogP contribution in [0, 0.1) is 0 Å². The van der Waals surface area contributed by atoms with Crippen molar-refractivity contribution >= 4 is 5.91 Å². The highest BCUT2D eigenvalue weighted by atomic mass is 16.5. The summed E-state index contributed by atoms with van der Waals surface area (Å²) >= 11 is 0. The lowest BCUT2D eigenvalue weighted by atomic mass is 9.79. The van der Waals surface area contributed by atoms with Gasteiger partial charge >= 0.3 is 0 Å². The van der Waals surface area contributed by atoms with Crippen molar-refractivity contribution in [2.24, 2.45) is 0 Å². The molecule has 0 fully saturated rings. The highest BCUT2D eigenvalue weighted by molar-refractivity contribution is 5.93. The number of rotatable bonds is 4. The average molecular weight is 356 g/mol. The van der Waals surface area contributed by atoms with E-state index in [0.29, 0.717) is 12.1 Å². The Morgan fingerprint density at radius 1 is 1.31 bits per heavy atom. The molecule has 2 N–H and O–H groups in total. The molecule has 1 aromatic heterocycles. The summed E-state index contributed by atoms with van der Waals surface area (Å²) in [6.45, 7) is 0.160. The molecule has 0 radical (unpaired) electrons. The van der Waals surface area contributed by atoms with Crippen LogP contribution >= 0.6 is 0 Å². The largest absolute Gasteiger partial charge is 0.497 e. The highest BCUT2D eigenvalue weighted by Crippen LogP contribution is 2.36. The van der Waals surface area contributed by atoms with E-state index in [1.807, 2.05) is 18.2 Å². The number of methoxy groups -OCH3 is 1. The quantitative estimate of drug-likeness (QED) is 0.879. The summed E-state index contributed by atoms with van der Waals surface area (Å²) in [6.07, 6.45) is 6.18. The molecule has 1 aromatic carbocycles. The maximum Gasteiger partial charge on any atom is 0.273 e. The molecule has 1 amide bonds. The van der Waals surface area contributed by atoms with Gasteiger partial charge in [0, 0.05) is 12.0 Å². The van der Waals surface area contributed by atoms with Crippen LogP contribution in [0.4, 0.5) is 0 Å². The number of carbonyl (C=O) groups excluding carboxylic acids is 1. The molecule has 1 atom stereocenters. The van der Waals surface area contributed by atoms with Crippen LogP contribution in [0.25, 0.3) is 0 Å². The second-order valence-corrected chi connectivity index (χ2v) is 7.23. The number of hydrogen-bond acceptors (Lipinski definition) is 5. The van der Waals surface area contributed by atoms with Crippen molar-refractivity contribution in [1.29, 1.82) is 0 Å². The van der Waals surface area contributed by atoms with E-state index in [1.165, 1.54) is 0 Å². The van der Waals surface area contributed by atoms with Gasteiger partial charge in [0.15, 0.2) is 5.69 Å². The minimum absolute atomic E-state index is 0.160. The van der Waals surface area contributed by atoms with E-state index in [4.69, 9.17) is 9.26 Å². The molecule has 0 saturated carbocycles. The summed E-state index contributed by atoms with van der Waals surface area (Å²) < 4.78 is 10.6. The van der Waals surface area contributed by atoms with E-state index in [-0.39, 0.29) is 12.5 Å². The lowest BCUT2D eigenvalue weighted by Crippen LogP contribution is -2.43. The Bertz CT molecular complexity index is 829. The van der Waals surface area contributed by atoms with Crippen molar-refractivity contribution in [3.8, 4) is 5.75 Å². The number of aliphatic hydroxyl groups is 1. The van der Waals surface area contributed by atoms with Gasteiger partial charge in [-0.15, -0.1) is 0 Å². The Hall–Kier alpha value is -2.34. The number of amides is 1. The first-order chi connectivity index (χ1) is 12.6. The van der Waals surface area contributed by atoms with Gasteiger partial charge in [-0.25, -0.2) is 0 Å². The molecule has 0 unspecified atom stereocenters. The standard InChI is InChI=1S/C20H24N2O4/c1-25-14-8-9-16-13(11-14)5-4-10-20(16,24)12-21-19(23)18-15-6-2-3-7-17(15)26-22-18/h8-9,11,24H,2-7,10,12H2,1H3,(H,21,23)/t20-/m1/s1. The second-order valence-electron chi connectivity index (χ2n) is 7.23. The first kappa shape index (κ1) is 17.1. The molecule has 26 heavy (non-hydrogen) atoms. The summed E-state index contributed by atoms with van der Waals surface area (Å²) in [5.41, 5.74) is 2.17. The Labute approximate surface area is 152 Å². The van der Waals surface area contributed by atoms with Crippen LogP contribution in [0.5, 0.6) is 5.75 Å². The third-order valence-electron chi connectivity index (χ3n) is 5.56. The van der Waals surface area contributed by atoms with Gasteiger partial charge in [0.25, 0.3) is 5.91 Å². The number of aromatic nitrogens is 1. The summed E-state index contributed by atoms with van der Waals surface area (Å²) in [7, 11) is 1.63. The van der Waals surface area contributed by atoms with Crippen LogP contribution in [0.1, 0.15) is 58.6 Å². The molecule has 2 aromatic rings. The number of ether oxygens (including phenoxy) is 1. The normalized spacial score (nSPS) is 21.6. The predicted molar refractivity (Wildman–Crippen MR) is 95.3 cm³/mol. The zero-order valence-corrected chi connectivity index (χ0v) is 15.0. The number of carbonyl (C=O) groups is 1. The van der Waals surface area contributed by atoms with Crippen molar-refractivity contribution in [3.05, 3.63) is 46.3 Å². The zero-order valence-electron chi connectivity index (χ0n) is 15.0. The molecule has 138 valence electrons. The molecule has 0 bridgehead atoms. The highest BCUT2D eigenvalue weighted by Gasteiger charge is 2.35. The topological polar surface area (TPSA) is 84.6 Å². The molecule has 2 aliphatic carbocycles. The van der Waals surface area contributed by atoms with Crippen LogP contribution < -0.4 is 10.1 Å². The minimum atomic E-state index is -1.07. The van der Waals surface area contributed by atoms with Crippen LogP contribution in [-0.2, 0) is 24.9 Å². The summed E-state index contributed by atoms with van der Waals surface area (Å²) in [5, 5.41) is 18.0. The van der Waals surface area contributed by atoms with Gasteiger partial charge in [0.2, 0.25) is 0 Å². The average Bonchev–Trinajstić information content (AvgIpc) is 3.10. The third-order valence-corrected chi connectivity index (χ3v) is 5.56. The Morgan fingerprint density at radius 3 is 3.00 bits per heavy atom. The number of fused-ring (bicyclic) bond motifs is 2. The maximum absolute atomic E-state index is 12.6. The molecule has 0 saturated heterocycles. The molecule has 0 spiro atoms. The fraction of sp³-hybridized carbons (Fsp3) is 0.500. The van der Waals surface area contributed by atoms with Gasteiger partial charge in [-0.1, -0.05) is 11.2 Å². The summed E-state index contributed by atoms with van der Waals surface area (Å²) in [4.78, 5) is 12.6. The van der Waals surface area contributed by atoms with Crippen molar-refractivity contribution in [3.63, 3.8) is 0 Å². The zero-order chi connectivity index (χ0) is 18.1. The van der Waals surface area contributed by atoms with E-state index in [1.54, 1.807) is 7.11 Å². The minimum Gasteiger partial charge on any atom is -0.497 e. The predicted octanol–water partition coefficient (Wildman–Crippen LogP) is 2.52. The molecular formula is C20H24N2O4. The number of benzene rings is 1. The smallest absolute Gasteiger partial charge is 0.273 e. The van der Waals surface area contributed by atoms with E-state index in [0.717, 1.165) is 66.7 Å². The fourth-order valence-corrected chi connectivity index (χ4v) is 4.12. The Kier molecular flexibility index (Phi) is 4.44. The molecule has 0 aliphatic heterocycles. The van der Waals surface area contributed by atoms with Crippen molar-refractivity contribution in [1.82, 2.24) is 10.5 Å². The number of nitrogens with zero attached hydrogens (tertiary/aromatic N) is 1. The first-order valence-corrected chi connectivity index (χ1v) is 9.26. The second kappa shape index (κ2) is 6.76. The maximum atomic E-state index is 12.6.